The average molecular weight is 937 g/mol. The van der Waals surface area contributed by atoms with Crippen LogP contribution in [0.4, 0.5) is 17.1 Å². The second-order valence-electron chi connectivity index (χ2n) is 15.8. The largest absolute Gasteiger partial charge is 2.00 e. The van der Waals surface area contributed by atoms with E-state index in [0.717, 1.165) is 73.3 Å². The summed E-state index contributed by atoms with van der Waals surface area (Å²) >= 11 is 0. The fourth-order valence-electron chi connectivity index (χ4n) is 7.39. The Kier molecular flexibility index (Phi) is 10.2. The van der Waals surface area contributed by atoms with Crippen molar-refractivity contribution in [2.45, 2.75) is 38.5 Å². The van der Waals surface area contributed by atoms with Crippen molar-refractivity contribution in [3.05, 3.63) is 188 Å². The zero-order valence-electron chi connectivity index (χ0n) is 32.7. The van der Waals surface area contributed by atoms with Crippen LogP contribution in [0.15, 0.2) is 170 Å². The van der Waals surface area contributed by atoms with Crippen LogP contribution in [0, 0.1) is 12.1 Å². The number of hydrogen-bond acceptors (Lipinski definition) is 3. The molecule has 0 fully saturated rings. The number of rotatable bonds is 9. The summed E-state index contributed by atoms with van der Waals surface area (Å²) in [6, 6.07) is 66.8. The van der Waals surface area contributed by atoms with Crippen molar-refractivity contribution >= 4 is 47.2 Å². The van der Waals surface area contributed by atoms with E-state index in [4.69, 9.17) is 9.97 Å². The van der Waals surface area contributed by atoms with Crippen LogP contribution >= 0.6 is 0 Å². The number of aromatic nitrogens is 4. The zero-order valence-corrected chi connectivity index (χ0v) is 36.0. The Bertz CT molecular complexity index is 2820. The molecule has 0 spiro atoms. The number of para-hydroxylation sites is 6. The van der Waals surface area contributed by atoms with Crippen LogP contribution in [0.2, 0.25) is 19.6 Å². The Morgan fingerprint density at radius 3 is 1.42 bits per heavy atom. The van der Waals surface area contributed by atoms with Crippen LogP contribution in [-0.2, 0) is 26.1 Å². The Balaban J connectivity index is 0.00000455. The smallest absolute Gasteiger partial charge is 0.346 e. The van der Waals surface area contributed by atoms with Gasteiger partial charge < -0.3 is 14.0 Å². The van der Waals surface area contributed by atoms with E-state index in [1.165, 1.54) is 5.56 Å². The Hall–Kier alpha value is -5.81. The van der Waals surface area contributed by atoms with Crippen molar-refractivity contribution in [1.29, 1.82) is 0 Å². The first-order valence-corrected chi connectivity index (χ1v) is 22.7. The van der Waals surface area contributed by atoms with Gasteiger partial charge in [-0.15, -0.1) is 59.7 Å². The normalized spacial score (nSPS) is 11.8. The molecular formula is C50H43N5PtSi. The minimum atomic E-state index is -1.48. The summed E-state index contributed by atoms with van der Waals surface area (Å²) < 4.78 is 4.48. The molecule has 0 radical (unpaired) electrons. The SMILES string of the molecule is CC(C)(c1ccc(-n2c(-c3[c-]c(N(c4[c-]c(-c5nc6ccccc6n5-c5ccccc5)ccc4)c4ccccc4)ccc3)nc3ccccc32)cc1)[Si](C)(C)C.[Pt+2]. The molecular weight excluding hydrogens is 894 g/mol. The molecule has 9 rings (SSSR count). The van der Waals surface area contributed by atoms with E-state index in [1.807, 2.05) is 18.2 Å². The van der Waals surface area contributed by atoms with Gasteiger partial charge in [-0.25, -0.2) is 0 Å². The quantitative estimate of drug-likeness (QED) is 0.107. The first-order valence-electron chi connectivity index (χ1n) is 19.2. The molecule has 282 valence electrons. The predicted molar refractivity (Wildman–Crippen MR) is 235 cm³/mol. The molecule has 57 heavy (non-hydrogen) atoms. The van der Waals surface area contributed by atoms with E-state index in [2.05, 4.69) is 211 Å². The minimum Gasteiger partial charge on any atom is -0.346 e. The van der Waals surface area contributed by atoms with E-state index < -0.39 is 8.07 Å². The molecule has 0 aliphatic carbocycles. The fraction of sp³-hybridized carbons (Fsp3) is 0.120. The summed E-state index contributed by atoms with van der Waals surface area (Å²) in [5.74, 6) is 1.67. The molecule has 0 aliphatic rings. The van der Waals surface area contributed by atoms with Crippen LogP contribution in [0.3, 0.4) is 0 Å². The van der Waals surface area contributed by atoms with E-state index in [-0.39, 0.29) is 26.1 Å². The standard InChI is InChI=1S/C50H43N5Si.Pt/c1-50(2,56(3,4)5)38-30-32-41(33-31-38)55-47-29-15-13-27-45(47)52-49(55)37-19-17-25-43(35-37)53(39-20-8-6-9-21-39)42-24-16-18-36(34-42)48-51-44-26-12-14-28-46(44)54(48)40-22-10-7-11-23-40;/h6-33H,1-5H3;/q-2;+2. The van der Waals surface area contributed by atoms with E-state index in [9.17, 15) is 0 Å². The molecule has 0 bridgehead atoms. The topological polar surface area (TPSA) is 38.9 Å². The number of benzene rings is 7. The Morgan fingerprint density at radius 1 is 0.491 bits per heavy atom. The third-order valence-corrected chi connectivity index (χ3v) is 15.4. The maximum atomic E-state index is 5.23. The van der Waals surface area contributed by atoms with Crippen molar-refractivity contribution in [1.82, 2.24) is 19.1 Å². The zero-order chi connectivity index (χ0) is 38.4. The number of nitrogens with zero attached hydrogens (tertiary/aromatic N) is 5. The second kappa shape index (κ2) is 15.3. The Morgan fingerprint density at radius 2 is 0.930 bits per heavy atom. The van der Waals surface area contributed by atoms with Gasteiger partial charge in [0.15, 0.2) is 0 Å². The second-order valence-corrected chi connectivity index (χ2v) is 21.6. The van der Waals surface area contributed by atoms with Crippen molar-refractivity contribution in [3.8, 4) is 34.2 Å². The molecule has 0 atom stereocenters. The molecule has 9 aromatic rings. The summed E-state index contributed by atoms with van der Waals surface area (Å²) in [6.07, 6.45) is 0. The van der Waals surface area contributed by atoms with Crippen molar-refractivity contribution in [2.24, 2.45) is 0 Å². The van der Waals surface area contributed by atoms with Crippen LogP contribution in [0.1, 0.15) is 19.4 Å². The van der Waals surface area contributed by atoms with Gasteiger partial charge in [-0.05, 0) is 82.6 Å². The third kappa shape index (κ3) is 6.98. The Labute approximate surface area is 350 Å². The van der Waals surface area contributed by atoms with E-state index >= 15 is 0 Å². The van der Waals surface area contributed by atoms with Gasteiger partial charge in [-0.2, -0.15) is 0 Å². The third-order valence-electron chi connectivity index (χ3n) is 11.4. The van der Waals surface area contributed by atoms with Gasteiger partial charge in [0, 0.05) is 17.1 Å². The van der Waals surface area contributed by atoms with Crippen LogP contribution in [0.25, 0.3) is 56.2 Å². The van der Waals surface area contributed by atoms with Crippen LogP contribution in [-0.4, -0.2) is 27.2 Å². The molecule has 0 unspecified atom stereocenters. The summed E-state index contributed by atoms with van der Waals surface area (Å²) in [6.45, 7) is 12.1. The molecule has 7 aromatic carbocycles. The molecule has 0 N–H and O–H groups in total. The molecule has 0 aliphatic heterocycles. The molecule has 0 saturated heterocycles. The molecule has 5 nitrogen and oxygen atoms in total. The summed E-state index contributed by atoms with van der Waals surface area (Å²) in [5.41, 5.74) is 12.0. The molecule has 7 heteroatoms. The maximum absolute atomic E-state index is 5.23. The predicted octanol–water partition coefficient (Wildman–Crippen LogP) is 12.9. The molecule has 0 saturated carbocycles. The summed E-state index contributed by atoms with van der Waals surface area (Å²) in [7, 11) is -1.48. The summed E-state index contributed by atoms with van der Waals surface area (Å²) in [5, 5.41) is 0.136. The van der Waals surface area contributed by atoms with Crippen LogP contribution in [0.5, 0.6) is 0 Å². The van der Waals surface area contributed by atoms with Crippen molar-refractivity contribution in [2.75, 3.05) is 4.90 Å². The first-order chi connectivity index (χ1) is 27.2. The molecule has 2 aromatic heterocycles. The number of anilines is 3. The minimum absolute atomic E-state index is 0. The van der Waals surface area contributed by atoms with Gasteiger partial charge in [-0.1, -0.05) is 106 Å². The van der Waals surface area contributed by atoms with Gasteiger partial charge in [-0.3, -0.25) is 9.97 Å². The number of fused-ring (bicyclic) bond motifs is 2. The van der Waals surface area contributed by atoms with E-state index in [1.54, 1.807) is 0 Å². The van der Waals surface area contributed by atoms with Crippen molar-refractivity contribution in [3.63, 3.8) is 0 Å². The van der Waals surface area contributed by atoms with Gasteiger partial charge in [0.05, 0.1) is 41.8 Å². The van der Waals surface area contributed by atoms with Gasteiger partial charge in [0.2, 0.25) is 0 Å². The fourth-order valence-corrected chi connectivity index (χ4v) is 8.43. The van der Waals surface area contributed by atoms with Crippen LogP contribution < -0.4 is 4.90 Å². The van der Waals surface area contributed by atoms with Gasteiger partial charge >= 0.3 is 21.1 Å². The number of imidazole rings is 2. The average Bonchev–Trinajstić information content (AvgIpc) is 3.81. The molecule has 2 heterocycles. The van der Waals surface area contributed by atoms with Crippen molar-refractivity contribution < 1.29 is 21.1 Å². The molecule has 0 amide bonds. The monoisotopic (exact) mass is 936 g/mol. The van der Waals surface area contributed by atoms with Gasteiger partial charge in [0.1, 0.15) is 0 Å². The van der Waals surface area contributed by atoms with Gasteiger partial charge in [0.25, 0.3) is 0 Å². The van der Waals surface area contributed by atoms with E-state index in [0.29, 0.717) is 0 Å². The maximum Gasteiger partial charge on any atom is 2.00 e. The first kappa shape index (κ1) is 38.1. The number of hydrogen-bond donors (Lipinski definition) is 0. The summed E-state index contributed by atoms with van der Waals surface area (Å²) in [4.78, 5) is 12.6.